The lowest BCUT2D eigenvalue weighted by Gasteiger charge is -2.11. The zero-order valence-corrected chi connectivity index (χ0v) is 16.4. The summed E-state index contributed by atoms with van der Waals surface area (Å²) in [4.78, 5) is 16.9. The summed E-state index contributed by atoms with van der Waals surface area (Å²) >= 11 is 0. The number of pyridine rings is 1. The summed E-state index contributed by atoms with van der Waals surface area (Å²) in [5.41, 5.74) is 3.56. The number of rotatable bonds is 5. The number of amides is 1. The molecule has 0 aliphatic rings. The van der Waals surface area contributed by atoms with E-state index in [-0.39, 0.29) is 16.5 Å². The molecular formula is C21H18N4O3S. The maximum absolute atomic E-state index is 12.7. The normalized spacial score (nSPS) is 13.2. The van der Waals surface area contributed by atoms with E-state index in [1.165, 1.54) is 6.26 Å². The maximum Gasteiger partial charge on any atom is 0.272 e. The Hall–Kier alpha value is -3.36. The lowest BCUT2D eigenvalue weighted by Crippen LogP contribution is -2.24. The Morgan fingerprint density at radius 3 is 2.66 bits per heavy atom. The number of fused-ring (bicyclic) bond motifs is 1. The van der Waals surface area contributed by atoms with Crippen molar-refractivity contribution in [1.29, 1.82) is 0 Å². The van der Waals surface area contributed by atoms with Crippen LogP contribution in [0.1, 0.15) is 16.1 Å². The van der Waals surface area contributed by atoms with Gasteiger partial charge in [0, 0.05) is 30.7 Å². The number of sulfone groups is 1. The first-order chi connectivity index (χ1) is 13.9. The van der Waals surface area contributed by atoms with Crippen LogP contribution in [0, 0.1) is 0 Å². The van der Waals surface area contributed by atoms with E-state index in [1.54, 1.807) is 53.4 Å². The molecule has 1 atom stereocenters. The first-order valence-electron chi connectivity index (χ1n) is 8.88. The fourth-order valence-corrected chi connectivity index (χ4v) is 3.66. The minimum absolute atomic E-state index is 0.246. The van der Waals surface area contributed by atoms with Crippen molar-refractivity contribution in [3.05, 3.63) is 84.4 Å². The van der Waals surface area contributed by atoms with Crippen LogP contribution in [0.3, 0.4) is 0 Å². The predicted molar refractivity (Wildman–Crippen MR) is 109 cm³/mol. The van der Waals surface area contributed by atoms with Crippen LogP contribution in [0.2, 0.25) is 0 Å². The van der Waals surface area contributed by atoms with Gasteiger partial charge >= 0.3 is 0 Å². The van der Waals surface area contributed by atoms with Gasteiger partial charge in [0.1, 0.15) is 11.9 Å². The fourth-order valence-electron chi connectivity index (χ4n) is 3.03. The molecule has 0 aliphatic heterocycles. The molecule has 0 aliphatic carbocycles. The predicted octanol–water partition coefficient (Wildman–Crippen LogP) is 2.94. The largest absolute Gasteiger partial charge is 0.610 e. The molecule has 0 saturated heterocycles. The van der Waals surface area contributed by atoms with Crippen molar-refractivity contribution in [2.24, 2.45) is 0 Å². The second kappa shape index (κ2) is 7.57. The second-order valence-corrected chi connectivity index (χ2v) is 8.64. The summed E-state index contributed by atoms with van der Waals surface area (Å²) in [5.74, 6) is -0.307. The van der Waals surface area contributed by atoms with Crippen LogP contribution in [0.4, 0.5) is 0 Å². The minimum atomic E-state index is -3.28. The van der Waals surface area contributed by atoms with Gasteiger partial charge in [-0.3, -0.25) is 9.78 Å². The molecule has 4 aromatic rings. The van der Waals surface area contributed by atoms with Crippen LogP contribution >= 0.6 is 0 Å². The van der Waals surface area contributed by atoms with Crippen LogP contribution in [-0.4, -0.2) is 31.3 Å². The molecule has 0 bridgehead atoms. The molecule has 0 spiro atoms. The minimum Gasteiger partial charge on any atom is -0.610 e. The molecular weight excluding hydrogens is 388 g/mol. The number of carbonyl (C=O) groups is 1. The number of carbonyl (C=O) groups excluding carboxylic acids is 1. The van der Waals surface area contributed by atoms with Crippen LogP contribution in [0.25, 0.3) is 16.6 Å². The summed E-state index contributed by atoms with van der Waals surface area (Å²) in [6.45, 7) is 0.344. The van der Waals surface area contributed by atoms with Crippen molar-refractivity contribution < 1.29 is 13.6 Å². The van der Waals surface area contributed by atoms with Gasteiger partial charge in [0.05, 0.1) is 15.7 Å². The van der Waals surface area contributed by atoms with Crippen molar-refractivity contribution in [1.82, 2.24) is 19.9 Å². The Kier molecular flexibility index (Phi) is 4.96. The summed E-state index contributed by atoms with van der Waals surface area (Å²) < 4.78 is 25.1. The zero-order chi connectivity index (χ0) is 20.4. The van der Waals surface area contributed by atoms with E-state index in [0.717, 1.165) is 22.2 Å². The van der Waals surface area contributed by atoms with E-state index in [0.29, 0.717) is 6.54 Å². The number of benzene rings is 1. The number of hydrogen-bond donors (Lipinski definition) is 1. The molecule has 8 heteroatoms. The van der Waals surface area contributed by atoms with Gasteiger partial charge in [-0.15, -0.1) is 4.21 Å². The van der Waals surface area contributed by atoms with Crippen LogP contribution < -0.4 is 5.32 Å². The van der Waals surface area contributed by atoms with Crippen molar-refractivity contribution in [2.75, 3.05) is 6.26 Å². The van der Waals surface area contributed by atoms with Crippen molar-refractivity contribution in [2.45, 2.75) is 11.4 Å². The first-order valence-corrected chi connectivity index (χ1v) is 10.8. The molecule has 1 N–H and O–H groups in total. The van der Waals surface area contributed by atoms with Crippen molar-refractivity contribution in [3.63, 3.8) is 0 Å². The number of aromatic nitrogens is 3. The van der Waals surface area contributed by atoms with E-state index in [4.69, 9.17) is 0 Å². The second-order valence-electron chi connectivity index (χ2n) is 6.62. The van der Waals surface area contributed by atoms with Crippen LogP contribution in [0.5, 0.6) is 0 Å². The molecule has 146 valence electrons. The smallest absolute Gasteiger partial charge is 0.272 e. The highest BCUT2D eigenvalue weighted by molar-refractivity contribution is 7.97. The average Bonchev–Trinajstić information content (AvgIpc) is 3.20. The van der Waals surface area contributed by atoms with E-state index in [9.17, 15) is 13.6 Å². The number of nitrogens with zero attached hydrogens (tertiary/aromatic N) is 3. The molecule has 1 amide bonds. The molecule has 1 aromatic carbocycles. The Morgan fingerprint density at radius 1 is 1.17 bits per heavy atom. The Bertz CT molecular complexity index is 1210. The Morgan fingerprint density at radius 2 is 1.97 bits per heavy atom. The van der Waals surface area contributed by atoms with Gasteiger partial charge in [0.2, 0.25) is 0 Å². The van der Waals surface area contributed by atoms with Gasteiger partial charge in [-0.05, 0) is 59.7 Å². The molecule has 7 nitrogen and oxygen atoms in total. The van der Waals surface area contributed by atoms with E-state index < -0.39 is 10.2 Å². The molecule has 29 heavy (non-hydrogen) atoms. The van der Waals surface area contributed by atoms with E-state index >= 15 is 0 Å². The third kappa shape index (κ3) is 4.08. The number of hydrogen-bond acceptors (Lipinski definition) is 5. The topological polar surface area (TPSA) is 99.4 Å². The molecule has 0 radical (unpaired) electrons. The quantitative estimate of drug-likeness (QED) is 0.514. The zero-order valence-electron chi connectivity index (χ0n) is 15.6. The Labute approximate surface area is 168 Å². The van der Waals surface area contributed by atoms with Gasteiger partial charge in [-0.2, -0.15) is 5.10 Å². The third-order valence-corrected chi connectivity index (χ3v) is 5.63. The monoisotopic (exact) mass is 406 g/mol. The first kappa shape index (κ1) is 19.0. The van der Waals surface area contributed by atoms with Crippen molar-refractivity contribution in [3.8, 4) is 11.1 Å². The van der Waals surface area contributed by atoms with Crippen LogP contribution in [0.15, 0.2) is 78.1 Å². The van der Waals surface area contributed by atoms with Crippen molar-refractivity contribution >= 4 is 21.6 Å². The highest BCUT2D eigenvalue weighted by Crippen LogP contribution is 2.27. The molecule has 3 aromatic heterocycles. The highest BCUT2D eigenvalue weighted by atomic mass is 32.3. The molecule has 0 fully saturated rings. The standard InChI is InChI=1S/C21H18N4O3S/c1-29(27,28)17-8-6-16(7-9-17)18-12-19(24-25-11-3-5-20(18)25)21(26)23-14-15-4-2-10-22-13-15/h2-13H,14H2,1H3,(H-,23,26,27,28). The maximum atomic E-state index is 12.7. The van der Waals surface area contributed by atoms with Gasteiger partial charge in [0.15, 0.2) is 4.90 Å². The molecule has 4 rings (SSSR count). The van der Waals surface area contributed by atoms with E-state index in [1.807, 2.05) is 24.3 Å². The highest BCUT2D eigenvalue weighted by Gasteiger charge is 2.16. The van der Waals surface area contributed by atoms with Gasteiger partial charge in [-0.25, -0.2) is 4.52 Å². The summed E-state index contributed by atoms with van der Waals surface area (Å²) in [6, 6.07) is 15.7. The summed E-state index contributed by atoms with van der Waals surface area (Å²) in [7, 11) is -3.28. The van der Waals surface area contributed by atoms with Gasteiger partial charge in [0.25, 0.3) is 5.91 Å². The lowest BCUT2D eigenvalue weighted by atomic mass is 10.1. The number of nitrogens with one attached hydrogen (secondary N) is 1. The van der Waals surface area contributed by atoms with Gasteiger partial charge in [-0.1, -0.05) is 6.07 Å². The molecule has 3 heterocycles. The fraction of sp³-hybridized carbons (Fsp3) is 0.0952. The molecule has 0 saturated carbocycles. The lowest BCUT2D eigenvalue weighted by molar-refractivity contribution is 0.0944. The SMILES string of the molecule is C[S+](=O)([O-])c1ccc(-c2cc(C(=O)NCc3cccnc3)nn3cccc23)cc1. The van der Waals surface area contributed by atoms with Crippen LogP contribution in [-0.2, 0) is 21.0 Å². The third-order valence-electron chi connectivity index (χ3n) is 4.50. The van der Waals surface area contributed by atoms with E-state index in [2.05, 4.69) is 15.4 Å². The molecule has 1 unspecified atom stereocenters. The Balaban J connectivity index is 1.67. The average molecular weight is 406 g/mol. The van der Waals surface area contributed by atoms with Gasteiger partial charge < -0.3 is 9.87 Å². The summed E-state index contributed by atoms with van der Waals surface area (Å²) in [5, 5.41) is 7.23. The summed E-state index contributed by atoms with van der Waals surface area (Å²) in [6.07, 6.45) is 6.30.